The first-order valence-corrected chi connectivity index (χ1v) is 9.12. The van der Waals surface area contributed by atoms with Gasteiger partial charge in [-0.3, -0.25) is 4.79 Å². The van der Waals surface area contributed by atoms with Crippen LogP contribution in [0.4, 0.5) is 5.00 Å². The van der Waals surface area contributed by atoms with Crippen molar-refractivity contribution in [2.45, 2.75) is 19.3 Å². The summed E-state index contributed by atoms with van der Waals surface area (Å²) in [5, 5.41) is 12.2. The average Bonchev–Trinajstić information content (AvgIpc) is 3.26. The molecule has 0 unspecified atom stereocenters. The molecule has 1 aliphatic carbocycles. The van der Waals surface area contributed by atoms with Gasteiger partial charge in [-0.15, -0.1) is 11.3 Å². The van der Waals surface area contributed by atoms with Crippen LogP contribution in [0.3, 0.4) is 0 Å². The Morgan fingerprint density at radius 3 is 2.78 bits per heavy atom. The van der Waals surface area contributed by atoms with E-state index in [1.165, 1.54) is 31.6 Å². The molecule has 7 nitrogen and oxygen atoms in total. The third-order valence-corrected chi connectivity index (χ3v) is 5.42. The zero-order valence-electron chi connectivity index (χ0n) is 15.0. The molecule has 27 heavy (non-hydrogen) atoms. The fraction of sp³-hybridized carbons (Fsp3) is 0.316. The van der Waals surface area contributed by atoms with E-state index in [4.69, 9.17) is 19.5 Å². The highest BCUT2D eigenvalue weighted by atomic mass is 32.1. The second-order valence-electron chi connectivity index (χ2n) is 5.87. The Bertz CT molecular complexity index is 929. The van der Waals surface area contributed by atoms with E-state index in [1.807, 2.05) is 6.07 Å². The van der Waals surface area contributed by atoms with E-state index in [-0.39, 0.29) is 6.61 Å². The van der Waals surface area contributed by atoms with Crippen LogP contribution in [0.15, 0.2) is 18.2 Å². The zero-order valence-corrected chi connectivity index (χ0v) is 15.8. The van der Waals surface area contributed by atoms with Gasteiger partial charge in [-0.1, -0.05) is 0 Å². The molecule has 0 saturated heterocycles. The third-order valence-electron chi connectivity index (χ3n) is 4.22. The number of thiophene rings is 1. The first kappa shape index (κ1) is 18.7. The van der Waals surface area contributed by atoms with Gasteiger partial charge in [0.15, 0.2) is 18.1 Å². The van der Waals surface area contributed by atoms with Crippen LogP contribution in [-0.2, 0) is 22.4 Å². The van der Waals surface area contributed by atoms with Crippen molar-refractivity contribution in [3.05, 3.63) is 39.8 Å². The SMILES string of the molecule is COC(=O)c1c(NC(=O)COc2ccc(C#N)cc2OC)sc2c1CCC2. The average molecular weight is 386 g/mol. The number of anilines is 1. The van der Waals surface area contributed by atoms with E-state index < -0.39 is 11.9 Å². The minimum absolute atomic E-state index is 0.258. The Morgan fingerprint density at radius 1 is 1.26 bits per heavy atom. The Morgan fingerprint density at radius 2 is 2.07 bits per heavy atom. The molecule has 0 aliphatic heterocycles. The summed E-state index contributed by atoms with van der Waals surface area (Å²) < 4.78 is 15.6. The molecule has 1 amide bonds. The van der Waals surface area contributed by atoms with E-state index in [2.05, 4.69) is 5.32 Å². The molecule has 1 N–H and O–H groups in total. The summed E-state index contributed by atoms with van der Waals surface area (Å²) >= 11 is 1.41. The largest absolute Gasteiger partial charge is 0.493 e. The van der Waals surface area contributed by atoms with E-state index in [9.17, 15) is 9.59 Å². The van der Waals surface area contributed by atoms with Crippen molar-refractivity contribution >= 4 is 28.2 Å². The standard InChI is InChI=1S/C19H18N2O5S/c1-24-14-8-11(9-20)6-7-13(14)26-10-16(22)21-18-17(19(23)25-2)12-4-3-5-15(12)27-18/h6-8H,3-5,10H2,1-2H3,(H,21,22). The number of hydrogen-bond acceptors (Lipinski definition) is 7. The van der Waals surface area contributed by atoms with E-state index in [0.29, 0.717) is 27.6 Å². The summed E-state index contributed by atoms with van der Waals surface area (Å²) in [6.07, 6.45) is 2.71. The number of nitriles is 1. The number of carbonyl (C=O) groups is 2. The lowest BCUT2D eigenvalue weighted by molar-refractivity contribution is -0.118. The van der Waals surface area contributed by atoms with E-state index in [0.717, 1.165) is 29.7 Å². The summed E-state index contributed by atoms with van der Waals surface area (Å²) in [7, 11) is 2.78. The zero-order chi connectivity index (χ0) is 19.4. The molecular formula is C19H18N2O5S. The van der Waals surface area contributed by atoms with E-state index >= 15 is 0 Å². The summed E-state index contributed by atoms with van der Waals surface area (Å²) in [6, 6.07) is 6.70. The van der Waals surface area contributed by atoms with Crippen molar-refractivity contribution in [3.63, 3.8) is 0 Å². The van der Waals surface area contributed by atoms with Crippen LogP contribution in [0, 0.1) is 11.3 Å². The molecule has 1 heterocycles. The van der Waals surface area contributed by atoms with Crippen molar-refractivity contribution < 1.29 is 23.8 Å². The molecule has 0 saturated carbocycles. The Kier molecular flexibility index (Phi) is 5.62. The molecule has 8 heteroatoms. The van der Waals surface area contributed by atoms with E-state index in [1.54, 1.807) is 12.1 Å². The van der Waals surface area contributed by atoms with Gasteiger partial charge in [0.2, 0.25) is 0 Å². The van der Waals surface area contributed by atoms with Crippen LogP contribution in [0.1, 0.15) is 32.8 Å². The van der Waals surface area contributed by atoms with Crippen molar-refractivity contribution in [2.75, 3.05) is 26.1 Å². The van der Waals surface area contributed by atoms with Crippen LogP contribution < -0.4 is 14.8 Å². The molecule has 3 rings (SSSR count). The Hall–Kier alpha value is -3.05. The fourth-order valence-corrected chi connectivity index (χ4v) is 4.27. The molecule has 2 aromatic rings. The number of aryl methyl sites for hydroxylation is 1. The summed E-state index contributed by atoms with van der Waals surface area (Å²) in [4.78, 5) is 25.6. The topological polar surface area (TPSA) is 97.6 Å². The molecule has 1 aromatic heterocycles. The number of benzene rings is 1. The Balaban J connectivity index is 1.71. The highest BCUT2D eigenvalue weighted by molar-refractivity contribution is 7.17. The molecule has 140 valence electrons. The number of methoxy groups -OCH3 is 2. The normalized spacial score (nSPS) is 12.0. The smallest absolute Gasteiger partial charge is 0.341 e. The number of carbonyl (C=O) groups excluding carboxylic acids is 2. The lowest BCUT2D eigenvalue weighted by Crippen LogP contribution is -2.21. The van der Waals surface area contributed by atoms with Gasteiger partial charge in [-0.2, -0.15) is 5.26 Å². The minimum Gasteiger partial charge on any atom is -0.493 e. The molecule has 1 aromatic carbocycles. The van der Waals surface area contributed by atoms with Crippen LogP contribution in [0.25, 0.3) is 0 Å². The maximum absolute atomic E-state index is 12.3. The lowest BCUT2D eigenvalue weighted by atomic mass is 10.1. The molecule has 1 aliphatic rings. The summed E-state index contributed by atoms with van der Waals surface area (Å²) in [5.41, 5.74) is 1.84. The molecule has 0 atom stereocenters. The molecule has 0 bridgehead atoms. The third kappa shape index (κ3) is 3.88. The number of rotatable bonds is 6. The second-order valence-corrected chi connectivity index (χ2v) is 6.97. The van der Waals surface area contributed by atoms with Gasteiger partial charge in [0.05, 0.1) is 31.4 Å². The van der Waals surface area contributed by atoms with Gasteiger partial charge in [0.25, 0.3) is 5.91 Å². The maximum atomic E-state index is 12.3. The summed E-state index contributed by atoms with van der Waals surface area (Å²) in [5.74, 6) is -0.119. The lowest BCUT2D eigenvalue weighted by Gasteiger charge is -2.11. The highest BCUT2D eigenvalue weighted by Crippen LogP contribution is 2.39. The molecule has 0 fully saturated rings. The Labute approximate surface area is 160 Å². The summed E-state index contributed by atoms with van der Waals surface area (Å²) in [6.45, 7) is -0.258. The van der Waals surface area contributed by atoms with Gasteiger partial charge >= 0.3 is 5.97 Å². The van der Waals surface area contributed by atoms with Crippen molar-refractivity contribution in [3.8, 4) is 17.6 Å². The quantitative estimate of drug-likeness (QED) is 0.767. The molecule has 0 radical (unpaired) electrons. The van der Waals surface area contributed by atoms with Gasteiger partial charge < -0.3 is 19.5 Å². The number of esters is 1. The number of hydrogen-bond donors (Lipinski definition) is 1. The number of ether oxygens (including phenoxy) is 3. The molecular weight excluding hydrogens is 368 g/mol. The van der Waals surface area contributed by atoms with Crippen LogP contribution in [0.5, 0.6) is 11.5 Å². The highest BCUT2D eigenvalue weighted by Gasteiger charge is 2.28. The van der Waals surface area contributed by atoms with Gasteiger partial charge in [0.1, 0.15) is 5.00 Å². The fourth-order valence-electron chi connectivity index (χ4n) is 2.97. The first-order valence-electron chi connectivity index (χ1n) is 8.31. The van der Waals surface area contributed by atoms with Gasteiger partial charge in [0, 0.05) is 10.9 Å². The van der Waals surface area contributed by atoms with Crippen LogP contribution in [-0.4, -0.2) is 32.7 Å². The minimum atomic E-state index is -0.445. The number of fused-ring (bicyclic) bond motifs is 1. The van der Waals surface area contributed by atoms with Crippen LogP contribution >= 0.6 is 11.3 Å². The van der Waals surface area contributed by atoms with Crippen molar-refractivity contribution in [2.24, 2.45) is 0 Å². The molecule has 0 spiro atoms. The number of nitrogens with zero attached hydrogens (tertiary/aromatic N) is 1. The van der Waals surface area contributed by atoms with Gasteiger partial charge in [-0.25, -0.2) is 4.79 Å². The van der Waals surface area contributed by atoms with Crippen molar-refractivity contribution in [1.82, 2.24) is 0 Å². The number of nitrogens with one attached hydrogen (secondary N) is 1. The van der Waals surface area contributed by atoms with Crippen LogP contribution in [0.2, 0.25) is 0 Å². The van der Waals surface area contributed by atoms with Crippen molar-refractivity contribution in [1.29, 1.82) is 5.26 Å². The first-order chi connectivity index (χ1) is 13.1. The second kappa shape index (κ2) is 8.10. The maximum Gasteiger partial charge on any atom is 0.341 e. The number of amides is 1. The predicted molar refractivity (Wildman–Crippen MR) is 99.5 cm³/mol. The van der Waals surface area contributed by atoms with Gasteiger partial charge in [-0.05, 0) is 37.0 Å². The monoisotopic (exact) mass is 386 g/mol. The predicted octanol–water partition coefficient (Wildman–Crippen LogP) is 2.92.